The minimum absolute atomic E-state index is 0.208. The summed E-state index contributed by atoms with van der Waals surface area (Å²) in [6.45, 7) is 8.92. The van der Waals surface area contributed by atoms with E-state index in [0.717, 1.165) is 25.8 Å². The van der Waals surface area contributed by atoms with Gasteiger partial charge in [-0.15, -0.1) is 0 Å². The lowest BCUT2D eigenvalue weighted by atomic mass is 9.94. The molecule has 0 bridgehead atoms. The fraction of sp³-hybridized carbons (Fsp3) is 0.929. The summed E-state index contributed by atoms with van der Waals surface area (Å²) in [6.07, 6.45) is 5.38. The number of carbonyl (C=O) groups excluding carboxylic acids is 1. The molecule has 0 aliphatic carbocycles. The van der Waals surface area contributed by atoms with Gasteiger partial charge in [0.1, 0.15) is 5.60 Å². The van der Waals surface area contributed by atoms with Gasteiger partial charge in [-0.05, 0) is 46.6 Å². The molecule has 0 aromatic rings. The summed E-state index contributed by atoms with van der Waals surface area (Å²) in [5, 5.41) is 6.51. The lowest BCUT2D eigenvalue weighted by molar-refractivity contribution is 0.0479. The lowest BCUT2D eigenvalue weighted by Crippen LogP contribution is -2.54. The van der Waals surface area contributed by atoms with Crippen LogP contribution in [-0.2, 0) is 4.74 Å². The normalized spacial score (nSPS) is 24.7. The molecule has 1 fully saturated rings. The second kappa shape index (κ2) is 6.98. The summed E-state index contributed by atoms with van der Waals surface area (Å²) < 4.78 is 5.32. The van der Waals surface area contributed by atoms with Crippen LogP contribution in [0.4, 0.5) is 4.79 Å². The molecule has 106 valence electrons. The van der Waals surface area contributed by atoms with Crippen LogP contribution in [0, 0.1) is 0 Å². The summed E-state index contributed by atoms with van der Waals surface area (Å²) in [4.78, 5) is 11.8. The maximum atomic E-state index is 11.8. The molecule has 0 radical (unpaired) electrons. The van der Waals surface area contributed by atoms with E-state index in [0.29, 0.717) is 6.04 Å². The molecule has 1 saturated heterocycles. The van der Waals surface area contributed by atoms with Crippen LogP contribution in [0.3, 0.4) is 0 Å². The second-order valence-corrected chi connectivity index (χ2v) is 6.10. The second-order valence-electron chi connectivity index (χ2n) is 6.10. The van der Waals surface area contributed by atoms with Crippen LogP contribution in [0.5, 0.6) is 0 Å². The maximum Gasteiger partial charge on any atom is 0.407 e. The molecule has 1 aliphatic rings. The molecule has 4 nitrogen and oxygen atoms in total. The number of piperidine rings is 1. The molecule has 18 heavy (non-hydrogen) atoms. The van der Waals surface area contributed by atoms with E-state index in [-0.39, 0.29) is 12.1 Å². The van der Waals surface area contributed by atoms with Gasteiger partial charge in [0.25, 0.3) is 0 Å². The van der Waals surface area contributed by atoms with Crippen molar-refractivity contribution in [1.82, 2.24) is 10.6 Å². The zero-order valence-electron chi connectivity index (χ0n) is 12.2. The standard InChI is InChI=1S/C14H28N2O2/c1-5-6-8-11-12(9-7-10-15-11)16-13(17)18-14(2,3)4/h11-12,15H,5-10H2,1-4H3,(H,16,17). The third-order valence-corrected chi connectivity index (χ3v) is 3.15. The van der Waals surface area contributed by atoms with Crippen molar-refractivity contribution in [3.8, 4) is 0 Å². The first-order valence-electron chi connectivity index (χ1n) is 7.15. The molecule has 2 N–H and O–H groups in total. The van der Waals surface area contributed by atoms with Crippen molar-refractivity contribution in [1.29, 1.82) is 0 Å². The Kier molecular flexibility index (Phi) is 5.93. The smallest absolute Gasteiger partial charge is 0.407 e. The molecule has 0 aromatic carbocycles. The Hall–Kier alpha value is -0.770. The number of amides is 1. The summed E-state index contributed by atoms with van der Waals surface area (Å²) in [5.41, 5.74) is -0.426. The van der Waals surface area contributed by atoms with Gasteiger partial charge in [0.05, 0.1) is 0 Å². The quantitative estimate of drug-likeness (QED) is 0.813. The number of carbonyl (C=O) groups is 1. The molecule has 2 unspecified atom stereocenters. The largest absolute Gasteiger partial charge is 0.444 e. The number of nitrogens with one attached hydrogen (secondary N) is 2. The molecular formula is C14H28N2O2. The van der Waals surface area contributed by atoms with Crippen molar-refractivity contribution in [2.24, 2.45) is 0 Å². The van der Waals surface area contributed by atoms with Crippen LogP contribution in [0.15, 0.2) is 0 Å². The SMILES string of the molecule is CCCCC1NCCCC1NC(=O)OC(C)(C)C. The highest BCUT2D eigenvalue weighted by molar-refractivity contribution is 5.68. The topological polar surface area (TPSA) is 50.4 Å². The molecule has 0 saturated carbocycles. The van der Waals surface area contributed by atoms with Gasteiger partial charge in [-0.1, -0.05) is 19.8 Å². The van der Waals surface area contributed by atoms with Crippen LogP contribution >= 0.6 is 0 Å². The summed E-state index contributed by atoms with van der Waals surface area (Å²) in [6, 6.07) is 0.603. The number of hydrogen-bond acceptors (Lipinski definition) is 3. The van der Waals surface area contributed by atoms with E-state index in [1.165, 1.54) is 12.8 Å². The zero-order chi connectivity index (χ0) is 13.6. The molecular weight excluding hydrogens is 228 g/mol. The van der Waals surface area contributed by atoms with Gasteiger partial charge in [0.15, 0.2) is 0 Å². The van der Waals surface area contributed by atoms with Gasteiger partial charge >= 0.3 is 6.09 Å². The van der Waals surface area contributed by atoms with E-state index in [1.807, 2.05) is 20.8 Å². The van der Waals surface area contributed by atoms with E-state index >= 15 is 0 Å². The van der Waals surface area contributed by atoms with Crippen molar-refractivity contribution in [3.05, 3.63) is 0 Å². The van der Waals surface area contributed by atoms with Crippen LogP contribution in [0.2, 0.25) is 0 Å². The van der Waals surface area contributed by atoms with E-state index in [4.69, 9.17) is 4.74 Å². The number of unbranched alkanes of at least 4 members (excludes halogenated alkanes) is 1. The molecule has 1 rings (SSSR count). The predicted octanol–water partition coefficient (Wildman–Crippen LogP) is 2.82. The molecule has 1 amide bonds. The number of ether oxygens (including phenoxy) is 1. The molecule has 0 spiro atoms. The Bertz CT molecular complexity index is 261. The fourth-order valence-electron chi connectivity index (χ4n) is 2.31. The van der Waals surface area contributed by atoms with Crippen LogP contribution in [0.25, 0.3) is 0 Å². The van der Waals surface area contributed by atoms with Gasteiger partial charge in [-0.2, -0.15) is 0 Å². The Morgan fingerprint density at radius 1 is 1.44 bits per heavy atom. The third-order valence-electron chi connectivity index (χ3n) is 3.15. The molecule has 4 heteroatoms. The van der Waals surface area contributed by atoms with Gasteiger partial charge < -0.3 is 15.4 Å². The van der Waals surface area contributed by atoms with E-state index in [1.54, 1.807) is 0 Å². The Balaban J connectivity index is 2.43. The average Bonchev–Trinajstić information content (AvgIpc) is 2.25. The Labute approximate surface area is 111 Å². The average molecular weight is 256 g/mol. The predicted molar refractivity (Wildman–Crippen MR) is 73.7 cm³/mol. The van der Waals surface area contributed by atoms with Crippen molar-refractivity contribution >= 4 is 6.09 Å². The number of hydrogen-bond donors (Lipinski definition) is 2. The first-order valence-corrected chi connectivity index (χ1v) is 7.15. The van der Waals surface area contributed by atoms with Crippen LogP contribution in [0.1, 0.15) is 59.8 Å². The molecule has 1 aliphatic heterocycles. The summed E-state index contributed by atoms with van der Waals surface area (Å²) >= 11 is 0. The zero-order valence-corrected chi connectivity index (χ0v) is 12.2. The van der Waals surface area contributed by atoms with Crippen LogP contribution in [-0.4, -0.2) is 30.3 Å². The number of rotatable bonds is 4. The monoisotopic (exact) mass is 256 g/mol. The lowest BCUT2D eigenvalue weighted by Gasteiger charge is -2.33. The molecule has 2 atom stereocenters. The van der Waals surface area contributed by atoms with Gasteiger partial charge in [0.2, 0.25) is 0 Å². The van der Waals surface area contributed by atoms with Crippen molar-refractivity contribution in [2.75, 3.05) is 6.54 Å². The minimum atomic E-state index is -0.426. The van der Waals surface area contributed by atoms with Crippen molar-refractivity contribution < 1.29 is 9.53 Å². The molecule has 1 heterocycles. The first kappa shape index (κ1) is 15.3. The van der Waals surface area contributed by atoms with Crippen molar-refractivity contribution in [2.45, 2.75) is 77.5 Å². The number of alkyl carbamates (subject to hydrolysis) is 1. The van der Waals surface area contributed by atoms with E-state index < -0.39 is 5.60 Å². The van der Waals surface area contributed by atoms with Gasteiger partial charge in [-0.3, -0.25) is 0 Å². The van der Waals surface area contributed by atoms with E-state index in [9.17, 15) is 4.79 Å². The maximum absolute atomic E-state index is 11.8. The van der Waals surface area contributed by atoms with Crippen LogP contribution < -0.4 is 10.6 Å². The molecule has 0 aromatic heterocycles. The summed E-state index contributed by atoms with van der Waals surface area (Å²) in [7, 11) is 0. The fourth-order valence-corrected chi connectivity index (χ4v) is 2.31. The van der Waals surface area contributed by atoms with Gasteiger partial charge in [0, 0.05) is 12.1 Å². The summed E-state index contributed by atoms with van der Waals surface area (Å²) in [5.74, 6) is 0. The highest BCUT2D eigenvalue weighted by Crippen LogP contribution is 2.15. The minimum Gasteiger partial charge on any atom is -0.444 e. The van der Waals surface area contributed by atoms with Crippen molar-refractivity contribution in [3.63, 3.8) is 0 Å². The Morgan fingerprint density at radius 3 is 2.78 bits per heavy atom. The first-order chi connectivity index (χ1) is 8.42. The highest BCUT2D eigenvalue weighted by atomic mass is 16.6. The highest BCUT2D eigenvalue weighted by Gasteiger charge is 2.27. The van der Waals surface area contributed by atoms with E-state index in [2.05, 4.69) is 17.6 Å². The van der Waals surface area contributed by atoms with Gasteiger partial charge in [-0.25, -0.2) is 4.79 Å². The third kappa shape index (κ3) is 5.71. The Morgan fingerprint density at radius 2 is 2.17 bits per heavy atom.